The van der Waals surface area contributed by atoms with Crippen LogP contribution in [0.4, 0.5) is 0 Å². The molecule has 3 rings (SSSR count). The van der Waals surface area contributed by atoms with Crippen LogP contribution in [0.3, 0.4) is 0 Å². The van der Waals surface area contributed by atoms with Crippen molar-refractivity contribution in [2.24, 2.45) is 11.8 Å². The van der Waals surface area contributed by atoms with Crippen LogP contribution in [-0.4, -0.2) is 24.5 Å². The molecule has 5 nitrogen and oxygen atoms in total. The van der Waals surface area contributed by atoms with Crippen molar-refractivity contribution in [1.82, 2.24) is 0 Å². The first kappa shape index (κ1) is 16.3. The standard InChI is InChI=1S/C14H10O5S.Na/c15-13-9-3-1-2-4-10(9)14(16)12-7-8(20(17,18)19)5-6-11(12)13;/h1-7,11-12H,(H,17,18,19);/q;+1. The molecule has 1 aromatic carbocycles. The van der Waals surface area contributed by atoms with Crippen LogP contribution in [0.15, 0.2) is 47.4 Å². The van der Waals surface area contributed by atoms with Gasteiger partial charge in [0.2, 0.25) is 0 Å². The van der Waals surface area contributed by atoms with Crippen molar-refractivity contribution in [3.05, 3.63) is 58.5 Å². The van der Waals surface area contributed by atoms with Crippen LogP contribution in [0, 0.1) is 11.8 Å². The quantitative estimate of drug-likeness (QED) is 0.511. The topological polar surface area (TPSA) is 88.5 Å². The van der Waals surface area contributed by atoms with E-state index in [1.54, 1.807) is 24.3 Å². The zero-order chi connectivity index (χ0) is 14.5. The van der Waals surface area contributed by atoms with Crippen LogP contribution in [0.25, 0.3) is 0 Å². The molecule has 0 fully saturated rings. The number of ketones is 2. The second kappa shape index (κ2) is 5.62. The van der Waals surface area contributed by atoms with E-state index in [1.807, 2.05) is 0 Å². The molecule has 102 valence electrons. The Labute approximate surface area is 143 Å². The number of Topliss-reactive ketones (excluding diaryl/α,β-unsaturated/α-hetero) is 2. The van der Waals surface area contributed by atoms with Crippen molar-refractivity contribution in [3.63, 3.8) is 0 Å². The molecule has 0 saturated carbocycles. The van der Waals surface area contributed by atoms with E-state index in [0.29, 0.717) is 11.1 Å². The number of benzene rings is 1. The fourth-order valence-corrected chi connectivity index (χ4v) is 3.16. The van der Waals surface area contributed by atoms with Crippen molar-refractivity contribution in [3.8, 4) is 0 Å². The zero-order valence-electron chi connectivity index (χ0n) is 11.2. The Morgan fingerprint density at radius 1 is 0.952 bits per heavy atom. The van der Waals surface area contributed by atoms with Crippen molar-refractivity contribution in [2.45, 2.75) is 0 Å². The van der Waals surface area contributed by atoms with E-state index in [9.17, 15) is 18.0 Å². The molecular weight excluding hydrogens is 303 g/mol. The molecule has 0 saturated heterocycles. The number of allylic oxidation sites excluding steroid dienone is 3. The van der Waals surface area contributed by atoms with Crippen molar-refractivity contribution < 1.29 is 52.1 Å². The number of carbonyl (C=O) groups excluding carboxylic acids is 2. The second-order valence-electron chi connectivity index (χ2n) is 4.73. The van der Waals surface area contributed by atoms with Crippen LogP contribution < -0.4 is 29.6 Å². The van der Waals surface area contributed by atoms with Crippen LogP contribution in [-0.2, 0) is 10.1 Å². The summed E-state index contributed by atoms with van der Waals surface area (Å²) >= 11 is 0. The van der Waals surface area contributed by atoms with Crippen molar-refractivity contribution >= 4 is 21.7 Å². The Balaban J connectivity index is 0.00000161. The van der Waals surface area contributed by atoms with Gasteiger partial charge < -0.3 is 0 Å². The summed E-state index contributed by atoms with van der Waals surface area (Å²) in [5.41, 5.74) is 0.645. The summed E-state index contributed by atoms with van der Waals surface area (Å²) in [6.07, 6.45) is 3.68. The molecule has 0 aliphatic heterocycles. The molecular formula is C14H10NaO5S+. The van der Waals surface area contributed by atoms with E-state index >= 15 is 0 Å². The van der Waals surface area contributed by atoms with Gasteiger partial charge in [0.05, 0.1) is 16.7 Å². The fraction of sp³-hybridized carbons (Fsp3) is 0.143. The zero-order valence-corrected chi connectivity index (χ0v) is 14.0. The van der Waals surface area contributed by atoms with E-state index < -0.39 is 22.0 Å². The van der Waals surface area contributed by atoms with E-state index in [4.69, 9.17) is 4.55 Å². The van der Waals surface area contributed by atoms with Gasteiger partial charge in [0.25, 0.3) is 10.1 Å². The number of rotatable bonds is 1. The summed E-state index contributed by atoms with van der Waals surface area (Å²) in [6, 6.07) is 6.46. The predicted octanol–water partition coefficient (Wildman–Crippen LogP) is -1.36. The fourth-order valence-electron chi connectivity index (χ4n) is 2.59. The Morgan fingerprint density at radius 3 is 2.00 bits per heavy atom. The van der Waals surface area contributed by atoms with Crippen LogP contribution >= 0.6 is 0 Å². The minimum absolute atomic E-state index is 0. The first-order valence-corrected chi connectivity index (χ1v) is 7.38. The average Bonchev–Trinajstić information content (AvgIpc) is 2.43. The van der Waals surface area contributed by atoms with E-state index in [0.717, 1.165) is 12.2 Å². The minimum Gasteiger partial charge on any atom is -0.293 e. The van der Waals surface area contributed by atoms with Crippen LogP contribution in [0.2, 0.25) is 0 Å². The summed E-state index contributed by atoms with van der Waals surface area (Å²) < 4.78 is 31.3. The summed E-state index contributed by atoms with van der Waals surface area (Å²) in [5.74, 6) is -2.11. The first-order valence-electron chi connectivity index (χ1n) is 5.94. The van der Waals surface area contributed by atoms with Gasteiger partial charge >= 0.3 is 29.6 Å². The van der Waals surface area contributed by atoms with E-state index in [1.165, 1.54) is 6.08 Å². The van der Waals surface area contributed by atoms with E-state index in [2.05, 4.69) is 0 Å². The maximum atomic E-state index is 12.4. The number of fused-ring (bicyclic) bond motifs is 2. The van der Waals surface area contributed by atoms with Gasteiger partial charge in [-0.15, -0.1) is 0 Å². The molecule has 0 radical (unpaired) electrons. The molecule has 2 unspecified atom stereocenters. The first-order chi connectivity index (χ1) is 9.39. The Morgan fingerprint density at radius 2 is 1.48 bits per heavy atom. The third-order valence-corrected chi connectivity index (χ3v) is 4.43. The summed E-state index contributed by atoms with van der Waals surface area (Å²) in [4.78, 5) is 24.3. The normalized spacial score (nSPS) is 23.8. The SMILES string of the molecule is O=C1c2ccccc2C(=O)C2C=C(S(=O)(=O)O)C=CC12.[Na+]. The van der Waals surface area contributed by atoms with Crippen LogP contribution in [0.1, 0.15) is 20.7 Å². The molecule has 0 bridgehead atoms. The van der Waals surface area contributed by atoms with Gasteiger partial charge in [-0.1, -0.05) is 36.4 Å². The summed E-state index contributed by atoms with van der Waals surface area (Å²) in [5, 5.41) is 0. The predicted molar refractivity (Wildman–Crippen MR) is 70.9 cm³/mol. The Kier molecular flexibility index (Phi) is 4.37. The maximum absolute atomic E-state index is 12.4. The van der Waals surface area contributed by atoms with Gasteiger partial charge in [-0.25, -0.2) is 0 Å². The van der Waals surface area contributed by atoms with Gasteiger partial charge in [-0.05, 0) is 6.08 Å². The molecule has 2 aliphatic carbocycles. The molecule has 0 aromatic heterocycles. The largest absolute Gasteiger partial charge is 1.00 e. The molecule has 7 heteroatoms. The number of hydrogen-bond acceptors (Lipinski definition) is 4. The van der Waals surface area contributed by atoms with Gasteiger partial charge in [-0.2, -0.15) is 8.42 Å². The third-order valence-electron chi connectivity index (χ3n) is 3.56. The van der Waals surface area contributed by atoms with E-state index in [-0.39, 0.29) is 46.0 Å². The van der Waals surface area contributed by atoms with Gasteiger partial charge in [0, 0.05) is 11.1 Å². The molecule has 21 heavy (non-hydrogen) atoms. The molecule has 1 aromatic rings. The third kappa shape index (κ3) is 2.69. The average molecular weight is 313 g/mol. The van der Waals surface area contributed by atoms with Crippen LogP contribution in [0.5, 0.6) is 0 Å². The van der Waals surface area contributed by atoms with Crippen molar-refractivity contribution in [1.29, 1.82) is 0 Å². The Bertz CT molecular complexity index is 791. The van der Waals surface area contributed by atoms with Gasteiger partial charge in [0.15, 0.2) is 11.6 Å². The summed E-state index contributed by atoms with van der Waals surface area (Å²) in [7, 11) is -4.38. The number of hydrogen-bond donors (Lipinski definition) is 1. The van der Waals surface area contributed by atoms with Gasteiger partial charge in [0.1, 0.15) is 0 Å². The minimum atomic E-state index is -4.38. The van der Waals surface area contributed by atoms with Gasteiger partial charge in [-0.3, -0.25) is 14.1 Å². The maximum Gasteiger partial charge on any atom is 1.00 e. The Hall–Kier alpha value is -1.05. The molecule has 0 spiro atoms. The monoisotopic (exact) mass is 313 g/mol. The van der Waals surface area contributed by atoms with Crippen molar-refractivity contribution in [2.75, 3.05) is 0 Å². The molecule has 2 aliphatic rings. The summed E-state index contributed by atoms with van der Waals surface area (Å²) in [6.45, 7) is 0. The molecule has 0 amide bonds. The molecule has 1 N–H and O–H groups in total. The second-order valence-corrected chi connectivity index (χ2v) is 6.15. The molecule has 0 heterocycles. The smallest absolute Gasteiger partial charge is 0.293 e. The number of carbonyl (C=O) groups is 2. The molecule has 2 atom stereocenters.